The highest BCUT2D eigenvalue weighted by molar-refractivity contribution is 6.43. The van der Waals surface area contributed by atoms with E-state index in [0.717, 1.165) is 5.56 Å². The van der Waals surface area contributed by atoms with Crippen LogP contribution in [-0.2, 0) is 0 Å². The van der Waals surface area contributed by atoms with Crippen LogP contribution >= 0.6 is 23.2 Å². The van der Waals surface area contributed by atoms with E-state index >= 15 is 0 Å². The fourth-order valence-electron chi connectivity index (χ4n) is 1.40. The molecule has 0 amide bonds. The van der Waals surface area contributed by atoms with E-state index in [2.05, 4.69) is 0 Å². The maximum absolute atomic E-state index is 13.6. The lowest BCUT2D eigenvalue weighted by Gasteiger charge is -2.07. The Kier molecular flexibility index (Phi) is 2.94. The summed E-state index contributed by atoms with van der Waals surface area (Å²) in [5.41, 5.74) is 1.08. The molecule has 0 saturated heterocycles. The van der Waals surface area contributed by atoms with Crippen molar-refractivity contribution < 1.29 is 4.39 Å². The summed E-state index contributed by atoms with van der Waals surface area (Å²) in [5.74, 6) is -0.365. The molecule has 0 heterocycles. The first-order valence-electron chi connectivity index (χ1n) is 4.39. The molecule has 0 radical (unpaired) electrons. The van der Waals surface area contributed by atoms with E-state index in [1.165, 1.54) is 12.1 Å². The van der Waals surface area contributed by atoms with Crippen molar-refractivity contribution in [3.63, 3.8) is 0 Å². The molecule has 2 rings (SSSR count). The molecule has 0 atom stereocenters. The van der Waals surface area contributed by atoms with Crippen molar-refractivity contribution in [3.8, 4) is 11.1 Å². The molecule has 0 aliphatic rings. The van der Waals surface area contributed by atoms with Crippen LogP contribution in [0.25, 0.3) is 11.1 Å². The van der Waals surface area contributed by atoms with E-state index < -0.39 is 0 Å². The Labute approximate surface area is 97.3 Å². The van der Waals surface area contributed by atoms with Crippen molar-refractivity contribution in [1.82, 2.24) is 0 Å². The molecule has 0 nitrogen and oxygen atoms in total. The Bertz CT molecular complexity index is 480. The van der Waals surface area contributed by atoms with Crippen molar-refractivity contribution in [2.75, 3.05) is 0 Å². The molecule has 0 N–H and O–H groups in total. The Morgan fingerprint density at radius 3 is 2.20 bits per heavy atom. The molecule has 0 unspecified atom stereocenters. The highest BCUT2D eigenvalue weighted by Crippen LogP contribution is 2.35. The van der Waals surface area contributed by atoms with Gasteiger partial charge in [0.1, 0.15) is 5.82 Å². The second kappa shape index (κ2) is 4.21. The van der Waals surface area contributed by atoms with E-state index in [-0.39, 0.29) is 10.8 Å². The number of hydrogen-bond donors (Lipinski definition) is 0. The molecule has 3 heteroatoms. The van der Waals surface area contributed by atoms with E-state index in [1.54, 1.807) is 12.1 Å². The fraction of sp³-hybridized carbons (Fsp3) is 0. The summed E-state index contributed by atoms with van der Waals surface area (Å²) in [5, 5.41) is 0.611. The zero-order valence-corrected chi connectivity index (χ0v) is 9.19. The van der Waals surface area contributed by atoms with Crippen LogP contribution in [-0.4, -0.2) is 0 Å². The largest absolute Gasteiger partial charge is 0.206 e. The number of rotatable bonds is 1. The van der Waals surface area contributed by atoms with Gasteiger partial charge < -0.3 is 0 Å². The summed E-state index contributed by atoms with van der Waals surface area (Å²) >= 11 is 11.8. The van der Waals surface area contributed by atoms with Gasteiger partial charge >= 0.3 is 0 Å². The van der Waals surface area contributed by atoms with Gasteiger partial charge in [-0.25, -0.2) is 4.39 Å². The van der Waals surface area contributed by atoms with E-state index in [9.17, 15) is 4.39 Å². The van der Waals surface area contributed by atoms with Crippen LogP contribution < -0.4 is 0 Å². The van der Waals surface area contributed by atoms with Gasteiger partial charge in [0.15, 0.2) is 0 Å². The van der Waals surface area contributed by atoms with Crippen molar-refractivity contribution in [2.24, 2.45) is 0 Å². The molecule has 0 fully saturated rings. The van der Waals surface area contributed by atoms with E-state index in [0.29, 0.717) is 10.6 Å². The molecule has 0 aliphatic heterocycles. The molecular weight excluding hydrogens is 234 g/mol. The van der Waals surface area contributed by atoms with Gasteiger partial charge in [-0.1, -0.05) is 53.5 Å². The van der Waals surface area contributed by atoms with Crippen LogP contribution in [0.1, 0.15) is 0 Å². The predicted molar refractivity (Wildman–Crippen MR) is 61.9 cm³/mol. The third kappa shape index (κ3) is 1.99. The van der Waals surface area contributed by atoms with Crippen LogP contribution in [0.15, 0.2) is 42.5 Å². The molecule has 0 aliphatic carbocycles. The van der Waals surface area contributed by atoms with Gasteiger partial charge in [0, 0.05) is 5.56 Å². The molecule has 0 saturated carbocycles. The van der Waals surface area contributed by atoms with E-state index in [1.807, 2.05) is 18.2 Å². The third-order valence-electron chi connectivity index (χ3n) is 2.11. The van der Waals surface area contributed by atoms with Gasteiger partial charge in [-0.2, -0.15) is 0 Å². The summed E-state index contributed by atoms with van der Waals surface area (Å²) in [7, 11) is 0. The number of hydrogen-bond acceptors (Lipinski definition) is 0. The zero-order chi connectivity index (χ0) is 10.8. The minimum Gasteiger partial charge on any atom is -0.206 e. The summed E-state index contributed by atoms with van der Waals surface area (Å²) in [6, 6.07) is 11.9. The minimum atomic E-state index is -0.365. The average Bonchev–Trinajstić information content (AvgIpc) is 2.26. The van der Waals surface area contributed by atoms with Crippen LogP contribution in [0, 0.1) is 5.82 Å². The predicted octanol–water partition coefficient (Wildman–Crippen LogP) is 4.80. The summed E-state index contributed by atoms with van der Waals surface area (Å²) < 4.78 is 13.6. The topological polar surface area (TPSA) is 0 Å². The van der Waals surface area contributed by atoms with Crippen LogP contribution in [0.2, 0.25) is 10.0 Å². The highest BCUT2D eigenvalue weighted by atomic mass is 35.5. The monoisotopic (exact) mass is 240 g/mol. The highest BCUT2D eigenvalue weighted by Gasteiger charge is 2.12. The van der Waals surface area contributed by atoms with Gasteiger partial charge in [0.05, 0.1) is 10.0 Å². The van der Waals surface area contributed by atoms with Gasteiger partial charge in [0.2, 0.25) is 0 Å². The van der Waals surface area contributed by atoms with Crippen molar-refractivity contribution in [1.29, 1.82) is 0 Å². The third-order valence-corrected chi connectivity index (χ3v) is 2.91. The number of halogens is 3. The van der Waals surface area contributed by atoms with Crippen LogP contribution in [0.3, 0.4) is 0 Å². The first kappa shape index (κ1) is 10.5. The van der Waals surface area contributed by atoms with Crippen molar-refractivity contribution >= 4 is 23.2 Å². The lowest BCUT2D eigenvalue weighted by molar-refractivity contribution is 0.631. The lowest BCUT2D eigenvalue weighted by atomic mass is 10.1. The second-order valence-corrected chi connectivity index (χ2v) is 3.87. The number of benzene rings is 2. The van der Waals surface area contributed by atoms with Gasteiger partial charge in [0.25, 0.3) is 0 Å². The van der Waals surface area contributed by atoms with Gasteiger partial charge in [-0.15, -0.1) is 0 Å². The summed E-state index contributed by atoms with van der Waals surface area (Å²) in [6.45, 7) is 0. The molecular formula is C12H7Cl2F. The quantitative estimate of drug-likeness (QED) is 0.629. The smallest absolute Gasteiger partial charge is 0.132 e. The van der Waals surface area contributed by atoms with Crippen molar-refractivity contribution in [2.45, 2.75) is 0 Å². The standard InChI is InChI=1S/C12H7Cl2F/c13-9-6-7-10(15)11(12(9)14)8-4-2-1-3-5-8/h1-7H. The molecule has 76 valence electrons. The molecule has 2 aromatic rings. The first-order chi connectivity index (χ1) is 7.20. The maximum Gasteiger partial charge on any atom is 0.132 e. The Morgan fingerprint density at radius 2 is 1.53 bits per heavy atom. The first-order valence-corrected chi connectivity index (χ1v) is 5.14. The molecule has 0 spiro atoms. The summed E-state index contributed by atoms with van der Waals surface area (Å²) in [4.78, 5) is 0. The molecule has 0 aromatic heterocycles. The fourth-order valence-corrected chi connectivity index (χ4v) is 1.82. The Balaban J connectivity index is 2.68. The Morgan fingerprint density at radius 1 is 0.867 bits per heavy atom. The van der Waals surface area contributed by atoms with Gasteiger partial charge in [-0.3, -0.25) is 0 Å². The average molecular weight is 241 g/mol. The molecule has 15 heavy (non-hydrogen) atoms. The molecule has 0 bridgehead atoms. The zero-order valence-electron chi connectivity index (χ0n) is 7.68. The second-order valence-electron chi connectivity index (χ2n) is 3.08. The summed E-state index contributed by atoms with van der Waals surface area (Å²) in [6.07, 6.45) is 0. The lowest BCUT2D eigenvalue weighted by Crippen LogP contribution is -1.86. The maximum atomic E-state index is 13.6. The normalized spacial score (nSPS) is 10.3. The van der Waals surface area contributed by atoms with Crippen molar-refractivity contribution in [3.05, 3.63) is 58.3 Å². The SMILES string of the molecule is Fc1ccc(Cl)c(Cl)c1-c1ccccc1. The van der Waals surface area contributed by atoms with Crippen LogP contribution in [0.4, 0.5) is 4.39 Å². The minimum absolute atomic E-state index is 0.253. The van der Waals surface area contributed by atoms with Gasteiger partial charge in [-0.05, 0) is 17.7 Å². The molecule has 2 aromatic carbocycles. The Hall–Kier alpha value is -1.05. The van der Waals surface area contributed by atoms with Crippen LogP contribution in [0.5, 0.6) is 0 Å². The van der Waals surface area contributed by atoms with E-state index in [4.69, 9.17) is 23.2 Å².